The first-order valence-corrected chi connectivity index (χ1v) is 8.08. The van der Waals surface area contributed by atoms with Gasteiger partial charge in [-0.05, 0) is 48.7 Å². The zero-order chi connectivity index (χ0) is 17.8. The van der Waals surface area contributed by atoms with Crippen LogP contribution in [0.2, 0.25) is 0 Å². The highest BCUT2D eigenvalue weighted by molar-refractivity contribution is 6.04. The minimum atomic E-state index is -0.349. The number of amides is 2. The Hall–Kier alpha value is -2.89. The van der Waals surface area contributed by atoms with Crippen LogP contribution in [0.25, 0.3) is 0 Å². The van der Waals surface area contributed by atoms with Gasteiger partial charge in [-0.1, -0.05) is 12.1 Å². The molecule has 2 amide bonds. The first-order chi connectivity index (χ1) is 12.0. The molecule has 0 radical (unpaired) electrons. The van der Waals surface area contributed by atoms with Crippen molar-refractivity contribution in [2.45, 2.75) is 25.3 Å². The maximum absolute atomic E-state index is 12.9. The predicted molar refractivity (Wildman–Crippen MR) is 92.2 cm³/mol. The van der Waals surface area contributed by atoms with Crippen LogP contribution in [0.15, 0.2) is 42.5 Å². The van der Waals surface area contributed by atoms with E-state index in [0.29, 0.717) is 22.6 Å². The number of hydrogen-bond acceptors (Lipinski definition) is 3. The van der Waals surface area contributed by atoms with Crippen LogP contribution in [0.4, 0.5) is 10.1 Å². The lowest BCUT2D eigenvalue weighted by atomic mass is 10.1. The number of methoxy groups -OCH3 is 1. The summed E-state index contributed by atoms with van der Waals surface area (Å²) < 4.78 is 18.1. The number of ether oxygens (including phenoxy) is 1. The Morgan fingerprint density at radius 3 is 2.52 bits per heavy atom. The summed E-state index contributed by atoms with van der Waals surface area (Å²) in [6, 6.07) is 10.9. The van der Waals surface area contributed by atoms with Crippen LogP contribution in [0.5, 0.6) is 5.75 Å². The van der Waals surface area contributed by atoms with Crippen LogP contribution < -0.4 is 15.4 Å². The lowest BCUT2D eigenvalue weighted by Gasteiger charge is -2.13. The fourth-order valence-corrected chi connectivity index (χ4v) is 2.42. The largest absolute Gasteiger partial charge is 0.497 e. The van der Waals surface area contributed by atoms with Gasteiger partial charge in [-0.3, -0.25) is 9.59 Å². The molecule has 2 aromatic rings. The smallest absolute Gasteiger partial charge is 0.253 e. The summed E-state index contributed by atoms with van der Waals surface area (Å²) in [6.07, 6.45) is 2.04. The third-order valence-electron chi connectivity index (χ3n) is 3.94. The molecule has 1 saturated carbocycles. The van der Waals surface area contributed by atoms with Crippen LogP contribution in [-0.4, -0.2) is 25.0 Å². The number of benzene rings is 2. The van der Waals surface area contributed by atoms with Gasteiger partial charge in [0.05, 0.1) is 24.8 Å². The summed E-state index contributed by atoms with van der Waals surface area (Å²) >= 11 is 0. The summed E-state index contributed by atoms with van der Waals surface area (Å²) in [4.78, 5) is 24.7. The molecule has 130 valence electrons. The summed E-state index contributed by atoms with van der Waals surface area (Å²) in [7, 11) is 1.52. The minimum Gasteiger partial charge on any atom is -0.497 e. The molecule has 0 saturated heterocycles. The van der Waals surface area contributed by atoms with E-state index in [-0.39, 0.29) is 30.1 Å². The number of anilines is 1. The van der Waals surface area contributed by atoms with Crippen molar-refractivity contribution in [3.63, 3.8) is 0 Å². The van der Waals surface area contributed by atoms with Crippen LogP contribution in [-0.2, 0) is 11.2 Å². The van der Waals surface area contributed by atoms with Gasteiger partial charge in [0.1, 0.15) is 11.6 Å². The predicted octanol–water partition coefficient (Wildman–Crippen LogP) is 2.91. The number of carbonyl (C=O) groups excluding carboxylic acids is 2. The van der Waals surface area contributed by atoms with Crippen molar-refractivity contribution in [3.8, 4) is 5.75 Å². The van der Waals surface area contributed by atoms with E-state index in [2.05, 4.69) is 10.6 Å². The highest BCUT2D eigenvalue weighted by atomic mass is 19.1. The first-order valence-electron chi connectivity index (χ1n) is 8.08. The quantitative estimate of drug-likeness (QED) is 0.848. The SMILES string of the molecule is COc1ccc(NC(=O)Cc2ccc(F)cc2)c(C(=O)NC2CC2)c1. The van der Waals surface area contributed by atoms with Gasteiger partial charge in [0.15, 0.2) is 0 Å². The summed E-state index contributed by atoms with van der Waals surface area (Å²) in [5.41, 5.74) is 1.47. The second kappa shape index (κ2) is 7.34. The Labute approximate surface area is 145 Å². The second-order valence-electron chi connectivity index (χ2n) is 6.01. The average molecular weight is 342 g/mol. The molecular formula is C19H19FN2O3. The molecule has 25 heavy (non-hydrogen) atoms. The van der Waals surface area contributed by atoms with Crippen molar-refractivity contribution in [1.82, 2.24) is 5.32 Å². The van der Waals surface area contributed by atoms with Crippen molar-refractivity contribution in [3.05, 3.63) is 59.4 Å². The van der Waals surface area contributed by atoms with E-state index >= 15 is 0 Å². The zero-order valence-electron chi connectivity index (χ0n) is 13.8. The van der Waals surface area contributed by atoms with Gasteiger partial charge in [0, 0.05) is 6.04 Å². The molecule has 6 heteroatoms. The van der Waals surface area contributed by atoms with Gasteiger partial charge >= 0.3 is 0 Å². The highest BCUT2D eigenvalue weighted by Crippen LogP contribution is 2.25. The Morgan fingerprint density at radius 1 is 1.16 bits per heavy atom. The fourth-order valence-electron chi connectivity index (χ4n) is 2.42. The molecule has 0 aliphatic heterocycles. The Kier molecular flexibility index (Phi) is 4.97. The van der Waals surface area contributed by atoms with Gasteiger partial charge in [-0.2, -0.15) is 0 Å². The number of halogens is 1. The highest BCUT2D eigenvalue weighted by Gasteiger charge is 2.25. The maximum atomic E-state index is 12.9. The van der Waals surface area contributed by atoms with Crippen molar-refractivity contribution in [1.29, 1.82) is 0 Å². The van der Waals surface area contributed by atoms with E-state index in [4.69, 9.17) is 4.74 Å². The van der Waals surface area contributed by atoms with Crippen LogP contribution in [0.1, 0.15) is 28.8 Å². The van der Waals surface area contributed by atoms with E-state index in [9.17, 15) is 14.0 Å². The molecule has 2 aromatic carbocycles. The van der Waals surface area contributed by atoms with Crippen LogP contribution in [0.3, 0.4) is 0 Å². The topological polar surface area (TPSA) is 67.4 Å². The lowest BCUT2D eigenvalue weighted by molar-refractivity contribution is -0.115. The normalized spacial score (nSPS) is 13.2. The summed E-state index contributed by atoms with van der Waals surface area (Å²) in [6.45, 7) is 0. The third-order valence-corrected chi connectivity index (χ3v) is 3.94. The molecule has 1 aliphatic rings. The number of nitrogens with one attached hydrogen (secondary N) is 2. The van der Waals surface area contributed by atoms with E-state index < -0.39 is 0 Å². The number of carbonyl (C=O) groups is 2. The Bertz CT molecular complexity index is 786. The summed E-state index contributed by atoms with van der Waals surface area (Å²) in [5.74, 6) is -0.327. The molecule has 0 unspecified atom stereocenters. The van der Waals surface area contributed by atoms with Crippen molar-refractivity contribution >= 4 is 17.5 Å². The monoisotopic (exact) mass is 342 g/mol. The molecule has 0 spiro atoms. The third kappa shape index (κ3) is 4.56. The maximum Gasteiger partial charge on any atom is 0.253 e. The Balaban J connectivity index is 1.74. The first kappa shape index (κ1) is 17.0. The number of hydrogen-bond donors (Lipinski definition) is 2. The van der Waals surface area contributed by atoms with E-state index in [1.807, 2.05) is 0 Å². The molecule has 1 aliphatic carbocycles. The van der Waals surface area contributed by atoms with Crippen LogP contribution >= 0.6 is 0 Å². The van der Waals surface area contributed by atoms with Crippen molar-refractivity contribution in [2.24, 2.45) is 0 Å². The summed E-state index contributed by atoms with van der Waals surface area (Å²) in [5, 5.41) is 5.65. The molecule has 3 rings (SSSR count). The van der Waals surface area contributed by atoms with Crippen LogP contribution in [0, 0.1) is 5.82 Å². The van der Waals surface area contributed by atoms with Gasteiger partial charge in [0.2, 0.25) is 5.91 Å². The van der Waals surface area contributed by atoms with Crippen molar-refractivity contribution < 1.29 is 18.7 Å². The van der Waals surface area contributed by atoms with E-state index in [0.717, 1.165) is 12.8 Å². The standard InChI is InChI=1S/C19H19FN2O3/c1-25-15-8-9-17(16(11-15)19(24)21-14-6-7-14)22-18(23)10-12-2-4-13(20)5-3-12/h2-5,8-9,11,14H,6-7,10H2,1H3,(H,21,24)(H,22,23). The zero-order valence-corrected chi connectivity index (χ0v) is 13.8. The molecule has 2 N–H and O–H groups in total. The van der Waals surface area contributed by atoms with Gasteiger partial charge in [-0.15, -0.1) is 0 Å². The molecule has 0 heterocycles. The average Bonchev–Trinajstić information content (AvgIpc) is 3.41. The van der Waals surface area contributed by atoms with E-state index in [1.165, 1.54) is 19.2 Å². The van der Waals surface area contributed by atoms with Crippen molar-refractivity contribution in [2.75, 3.05) is 12.4 Å². The van der Waals surface area contributed by atoms with Gasteiger partial charge < -0.3 is 15.4 Å². The van der Waals surface area contributed by atoms with E-state index in [1.54, 1.807) is 30.3 Å². The van der Waals surface area contributed by atoms with Gasteiger partial charge in [-0.25, -0.2) is 4.39 Å². The molecule has 0 atom stereocenters. The molecule has 0 aromatic heterocycles. The number of rotatable bonds is 6. The Morgan fingerprint density at radius 2 is 1.88 bits per heavy atom. The fraction of sp³-hybridized carbons (Fsp3) is 0.263. The molecule has 0 bridgehead atoms. The molecule has 5 nitrogen and oxygen atoms in total. The molecule has 1 fully saturated rings. The molecular weight excluding hydrogens is 323 g/mol. The minimum absolute atomic E-state index is 0.0932. The lowest BCUT2D eigenvalue weighted by Crippen LogP contribution is -2.27. The van der Waals surface area contributed by atoms with Gasteiger partial charge in [0.25, 0.3) is 5.91 Å². The second-order valence-corrected chi connectivity index (χ2v) is 6.01.